The third kappa shape index (κ3) is 11.9. The van der Waals surface area contributed by atoms with E-state index < -0.39 is 23.5 Å². The zero-order chi connectivity index (χ0) is 35.1. The molecule has 0 N–H and O–H groups in total. The van der Waals surface area contributed by atoms with Crippen LogP contribution in [-0.2, 0) is 43.0 Å². The molecular formula is C41H38Cl2F6Zr-2. The van der Waals surface area contributed by atoms with Crippen LogP contribution in [0.4, 0.5) is 26.3 Å². The molecule has 2 aliphatic rings. The number of halogens is 8. The maximum Gasteiger partial charge on any atom is -0.0253 e. The van der Waals surface area contributed by atoms with Crippen molar-refractivity contribution < 1.29 is 75.4 Å². The number of fused-ring (bicyclic) bond motifs is 3. The summed E-state index contributed by atoms with van der Waals surface area (Å²) in [6.07, 6.45) is 3.95. The molecule has 0 aliphatic heterocycles. The van der Waals surface area contributed by atoms with Gasteiger partial charge in [-0.15, -0.1) is 5.56 Å². The molecule has 0 saturated heterocycles. The van der Waals surface area contributed by atoms with Gasteiger partial charge in [-0.2, -0.15) is 41.5 Å². The van der Waals surface area contributed by atoms with E-state index in [2.05, 4.69) is 88.4 Å². The zero-order valence-electron chi connectivity index (χ0n) is 28.2. The number of hydrogen-bond donors (Lipinski definition) is 0. The number of unbranched alkanes of at least 4 members (excludes halogenated alkanes) is 1. The number of alkyl halides is 6. The van der Waals surface area contributed by atoms with E-state index in [9.17, 15) is 26.3 Å². The molecule has 50 heavy (non-hydrogen) atoms. The van der Waals surface area contributed by atoms with Gasteiger partial charge in [0, 0.05) is 0 Å². The van der Waals surface area contributed by atoms with E-state index in [-0.39, 0.29) is 35.9 Å². The molecule has 1 atom stereocenters. The molecule has 1 unspecified atom stereocenters. The van der Waals surface area contributed by atoms with Gasteiger partial charge in [-0.1, -0.05) is 93.7 Å². The maximum absolute atomic E-state index is 12.7. The Morgan fingerprint density at radius 3 is 1.84 bits per heavy atom. The van der Waals surface area contributed by atoms with Crippen molar-refractivity contribution in [1.29, 1.82) is 0 Å². The third-order valence-corrected chi connectivity index (χ3v) is 9.56. The molecule has 0 spiro atoms. The zero-order valence-corrected chi connectivity index (χ0v) is 32.2. The summed E-state index contributed by atoms with van der Waals surface area (Å²) in [6, 6.07) is 27.3. The molecule has 0 heterocycles. The summed E-state index contributed by atoms with van der Waals surface area (Å²) in [4.78, 5) is 0. The predicted octanol–water partition coefficient (Wildman–Crippen LogP) is 6.04. The van der Waals surface area contributed by atoms with Gasteiger partial charge in [0.25, 0.3) is 0 Å². The second-order valence-corrected chi connectivity index (χ2v) is 14.1. The fraction of sp³-hybridized carbons (Fsp3) is 0.293. The van der Waals surface area contributed by atoms with E-state index in [1.165, 1.54) is 71.4 Å². The maximum atomic E-state index is 12.7. The Bertz CT molecular complexity index is 1680. The first-order valence-electron chi connectivity index (χ1n) is 15.9. The van der Waals surface area contributed by atoms with E-state index in [0.717, 1.165) is 54.9 Å². The van der Waals surface area contributed by atoms with Crippen molar-refractivity contribution in [2.24, 2.45) is 11.3 Å². The van der Waals surface area contributed by atoms with Crippen molar-refractivity contribution in [2.45, 2.75) is 65.7 Å². The minimum absolute atomic E-state index is 0. The number of rotatable bonds is 5. The molecule has 0 bridgehead atoms. The molecule has 0 aromatic heterocycles. The SMILES string of the molecule is CCCCC1[C-]=CC(C(C)(C)C)=C1.FC(F)(F)c1cccc([C](=[Zr+2])c2cccc(C(F)(F)F)c2)c1.[Cl-].[Cl-].[c-]1cccc2c1Cc1ccccc1-2. The van der Waals surface area contributed by atoms with E-state index in [0.29, 0.717) is 14.5 Å². The van der Waals surface area contributed by atoms with E-state index in [4.69, 9.17) is 0 Å². The Morgan fingerprint density at radius 2 is 1.32 bits per heavy atom. The Balaban J connectivity index is 0.000000268. The molecule has 6 rings (SSSR count). The van der Waals surface area contributed by atoms with Gasteiger partial charge >= 0.3 is 137 Å². The van der Waals surface area contributed by atoms with Crippen LogP contribution < -0.4 is 24.8 Å². The van der Waals surface area contributed by atoms with Crippen LogP contribution in [0.25, 0.3) is 11.1 Å². The van der Waals surface area contributed by atoms with E-state index in [1.54, 1.807) is 0 Å². The van der Waals surface area contributed by atoms with Crippen LogP contribution in [0.15, 0.2) is 109 Å². The summed E-state index contributed by atoms with van der Waals surface area (Å²) in [5, 5.41) is 0. The van der Waals surface area contributed by atoms with Gasteiger partial charge in [0.15, 0.2) is 0 Å². The third-order valence-electron chi connectivity index (χ3n) is 8.14. The molecule has 264 valence electrons. The van der Waals surface area contributed by atoms with Gasteiger partial charge in [0.1, 0.15) is 0 Å². The fourth-order valence-corrected chi connectivity index (χ4v) is 6.20. The molecule has 0 fully saturated rings. The quantitative estimate of drug-likeness (QED) is 0.150. The van der Waals surface area contributed by atoms with Gasteiger partial charge in [-0.3, -0.25) is 6.08 Å². The van der Waals surface area contributed by atoms with Crippen LogP contribution >= 0.6 is 0 Å². The fourth-order valence-electron chi connectivity index (χ4n) is 5.43. The summed E-state index contributed by atoms with van der Waals surface area (Å²) in [5.74, 6) is 0.592. The number of hydrogen-bond acceptors (Lipinski definition) is 0. The summed E-state index contributed by atoms with van der Waals surface area (Å²) in [7, 11) is 0. The normalized spacial score (nSPS) is 14.4. The van der Waals surface area contributed by atoms with Gasteiger partial charge in [0.05, 0.1) is 0 Å². The smallest absolute Gasteiger partial charge is 0.0253 e. The van der Waals surface area contributed by atoms with Crippen LogP contribution in [0.2, 0.25) is 0 Å². The minimum atomic E-state index is -4.49. The molecule has 0 radical (unpaired) electrons. The van der Waals surface area contributed by atoms with Crippen LogP contribution in [0.1, 0.15) is 80.3 Å². The van der Waals surface area contributed by atoms with Crippen LogP contribution in [0.3, 0.4) is 0 Å². The summed E-state index contributed by atoms with van der Waals surface area (Å²) < 4.78 is 76.7. The molecule has 0 nitrogen and oxygen atoms in total. The summed E-state index contributed by atoms with van der Waals surface area (Å²) in [6.45, 7) is 9.03. The predicted molar refractivity (Wildman–Crippen MR) is 178 cm³/mol. The second-order valence-electron chi connectivity index (χ2n) is 12.9. The van der Waals surface area contributed by atoms with Crippen molar-refractivity contribution in [2.75, 3.05) is 0 Å². The Morgan fingerprint density at radius 1 is 0.760 bits per heavy atom. The van der Waals surface area contributed by atoms with E-state index >= 15 is 0 Å². The largest absolute Gasteiger partial charge is 1.00 e. The summed E-state index contributed by atoms with van der Waals surface area (Å²) in [5.41, 5.74) is 6.16. The average molecular weight is 807 g/mol. The van der Waals surface area contributed by atoms with Crippen molar-refractivity contribution in [3.63, 3.8) is 0 Å². The molecule has 0 saturated carbocycles. The molecule has 9 heteroatoms. The van der Waals surface area contributed by atoms with Crippen molar-refractivity contribution in [3.8, 4) is 11.1 Å². The first-order valence-corrected chi connectivity index (χ1v) is 17.1. The van der Waals surface area contributed by atoms with Crippen molar-refractivity contribution in [3.05, 3.63) is 154 Å². The van der Waals surface area contributed by atoms with Gasteiger partial charge in [0.2, 0.25) is 0 Å². The summed E-state index contributed by atoms with van der Waals surface area (Å²) >= 11 is 0.729. The number of allylic oxidation sites excluding steroid dienone is 4. The molecule has 0 amide bonds. The van der Waals surface area contributed by atoms with Crippen molar-refractivity contribution in [1.82, 2.24) is 0 Å². The van der Waals surface area contributed by atoms with Crippen LogP contribution in [0, 0.1) is 23.5 Å². The standard InChI is InChI=1S/C15H8F6.C13H9.C13H21.2ClH.Zr/c16-14(17,18)12-5-1-3-10(8-12)7-11-4-2-6-13(9-11)15(19,20)21;1-3-7-12-10(5-1)9-11-6-2-4-8-13(11)12;1-5-6-7-11-8-9-12(10-11)13(2,3)4;;;/h1-6,8-9H;1-5,7-8H,9H2;9-11H,5-7H2,1-4H3;2*1H;/q;2*-1;;;+2/p-2. The second kappa shape index (κ2) is 18.7. The minimum Gasteiger partial charge on any atom is -1.00 e. The molecule has 4 aromatic rings. The Kier molecular flexibility index (Phi) is 16.2. The number of benzene rings is 4. The van der Waals surface area contributed by atoms with E-state index in [1.807, 2.05) is 6.07 Å². The first kappa shape index (κ1) is 43.4. The average Bonchev–Trinajstić information content (AvgIpc) is 3.69. The molecule has 2 aliphatic carbocycles. The topological polar surface area (TPSA) is 0 Å². The Labute approximate surface area is 319 Å². The van der Waals surface area contributed by atoms with Gasteiger partial charge < -0.3 is 24.8 Å². The van der Waals surface area contributed by atoms with Crippen molar-refractivity contribution >= 4 is 3.21 Å². The van der Waals surface area contributed by atoms with Gasteiger partial charge in [-0.25, -0.2) is 6.08 Å². The monoisotopic (exact) mass is 804 g/mol. The first-order chi connectivity index (χ1) is 22.6. The Hall–Kier alpha value is -2.73. The van der Waals surface area contributed by atoms with Crippen LogP contribution in [0.5, 0.6) is 0 Å². The molecular weight excluding hydrogens is 769 g/mol. The van der Waals surface area contributed by atoms with Crippen LogP contribution in [-0.4, -0.2) is 3.21 Å². The molecule has 4 aromatic carbocycles. The van der Waals surface area contributed by atoms with Gasteiger partial charge in [-0.05, 0) is 6.42 Å².